The molecule has 2 aliphatic rings. The monoisotopic (exact) mass is 282 g/mol. The van der Waals surface area contributed by atoms with E-state index < -0.39 is 14.7 Å². The third kappa shape index (κ3) is 4.38. The maximum atomic E-state index is 4.97. The molecule has 2 aliphatic carbocycles. The SMILES string of the molecule is CC1=C[C]2C=CC=CC2=C1.[Cl][Ti]([Cl])[Cl]. The van der Waals surface area contributed by atoms with Crippen LogP contribution in [0.4, 0.5) is 0 Å². The van der Waals surface area contributed by atoms with E-state index in [0.717, 1.165) is 0 Å². The Morgan fingerprint density at radius 3 is 2.14 bits per heavy atom. The summed E-state index contributed by atoms with van der Waals surface area (Å²) in [5, 5.41) is 0. The third-order valence-corrected chi connectivity index (χ3v) is 1.76. The quantitative estimate of drug-likeness (QED) is 0.568. The molecule has 1 radical (unpaired) electrons. The van der Waals surface area contributed by atoms with Crippen molar-refractivity contribution in [3.05, 3.63) is 53.5 Å². The van der Waals surface area contributed by atoms with Gasteiger partial charge in [-0.1, -0.05) is 42.0 Å². The molecule has 14 heavy (non-hydrogen) atoms. The summed E-state index contributed by atoms with van der Waals surface area (Å²) in [5.74, 6) is 1.35. The summed E-state index contributed by atoms with van der Waals surface area (Å²) in [5.41, 5.74) is 2.70. The molecule has 0 aromatic heterocycles. The molecule has 0 nitrogen and oxygen atoms in total. The van der Waals surface area contributed by atoms with Crippen molar-refractivity contribution in [3.63, 3.8) is 0 Å². The number of allylic oxidation sites excluding steroid dienone is 8. The van der Waals surface area contributed by atoms with Crippen LogP contribution in [-0.2, 0) is 14.7 Å². The Labute approximate surface area is 102 Å². The summed E-state index contributed by atoms with van der Waals surface area (Å²) in [6.45, 7) is 2.12. The molecule has 0 fully saturated rings. The summed E-state index contributed by atoms with van der Waals surface area (Å²) in [6, 6.07) is 0. The zero-order valence-electron chi connectivity index (χ0n) is 7.60. The van der Waals surface area contributed by atoms with Crippen molar-refractivity contribution < 1.29 is 14.7 Å². The van der Waals surface area contributed by atoms with Gasteiger partial charge >= 0.3 is 42.6 Å². The maximum absolute atomic E-state index is 4.97. The number of hydrogen-bond donors (Lipinski definition) is 0. The fourth-order valence-corrected chi connectivity index (χ4v) is 1.31. The van der Waals surface area contributed by atoms with E-state index in [1.54, 1.807) is 0 Å². The van der Waals surface area contributed by atoms with Crippen LogP contribution >= 0.6 is 27.9 Å². The van der Waals surface area contributed by atoms with E-state index >= 15 is 0 Å². The molecule has 0 aromatic rings. The molecule has 0 amide bonds. The van der Waals surface area contributed by atoms with Gasteiger partial charge in [0.05, 0.1) is 0 Å². The van der Waals surface area contributed by atoms with E-state index in [1.165, 1.54) is 17.1 Å². The Morgan fingerprint density at radius 2 is 1.57 bits per heavy atom. The summed E-state index contributed by atoms with van der Waals surface area (Å²) in [6.07, 6.45) is 12.8. The van der Waals surface area contributed by atoms with Gasteiger partial charge in [0.15, 0.2) is 0 Å². The Bertz CT molecular complexity index is 311. The molecule has 0 N–H and O–H groups in total. The molecule has 0 unspecified atom stereocenters. The van der Waals surface area contributed by atoms with Crippen LogP contribution in [0.3, 0.4) is 0 Å². The van der Waals surface area contributed by atoms with Crippen LogP contribution in [0.1, 0.15) is 6.92 Å². The van der Waals surface area contributed by atoms with Crippen molar-refractivity contribution in [2.24, 2.45) is 0 Å². The topological polar surface area (TPSA) is 0 Å². The first-order valence-electron chi connectivity index (χ1n) is 4.05. The summed E-state index contributed by atoms with van der Waals surface area (Å²) in [4.78, 5) is 0. The van der Waals surface area contributed by atoms with Crippen LogP contribution in [-0.4, -0.2) is 0 Å². The molecule has 74 valence electrons. The number of hydrogen-bond acceptors (Lipinski definition) is 0. The van der Waals surface area contributed by atoms with E-state index in [9.17, 15) is 0 Å². The zero-order chi connectivity index (χ0) is 10.6. The minimum absolute atomic E-state index is 1.35. The van der Waals surface area contributed by atoms with Crippen LogP contribution < -0.4 is 0 Å². The molecular weight excluding hydrogens is 274 g/mol. The molecular formula is C10H9Cl3Ti. The van der Waals surface area contributed by atoms with Crippen molar-refractivity contribution in [1.29, 1.82) is 0 Å². The van der Waals surface area contributed by atoms with Gasteiger partial charge in [-0.2, -0.15) is 0 Å². The van der Waals surface area contributed by atoms with Gasteiger partial charge in [0.25, 0.3) is 0 Å². The predicted molar refractivity (Wildman–Crippen MR) is 60.9 cm³/mol. The number of fused-ring (bicyclic) bond motifs is 1. The summed E-state index contributed by atoms with van der Waals surface area (Å²) >= 11 is -1.92. The first-order chi connectivity index (χ1) is 6.59. The van der Waals surface area contributed by atoms with Crippen LogP contribution in [0.2, 0.25) is 0 Å². The van der Waals surface area contributed by atoms with Crippen LogP contribution in [0, 0.1) is 5.92 Å². The third-order valence-electron chi connectivity index (χ3n) is 1.76. The normalized spacial score (nSPS) is 18.0. The van der Waals surface area contributed by atoms with Gasteiger partial charge in [-0.25, -0.2) is 0 Å². The second-order valence-electron chi connectivity index (χ2n) is 2.88. The van der Waals surface area contributed by atoms with Crippen molar-refractivity contribution in [3.8, 4) is 0 Å². The molecule has 0 saturated carbocycles. The average molecular weight is 283 g/mol. The van der Waals surface area contributed by atoms with Crippen molar-refractivity contribution in [2.75, 3.05) is 0 Å². The Balaban J connectivity index is 0.000000213. The fraction of sp³-hybridized carbons (Fsp3) is 0.100. The zero-order valence-corrected chi connectivity index (χ0v) is 11.4. The van der Waals surface area contributed by atoms with E-state index in [2.05, 4.69) is 43.4 Å². The van der Waals surface area contributed by atoms with Crippen molar-refractivity contribution in [2.45, 2.75) is 6.92 Å². The van der Waals surface area contributed by atoms with Crippen molar-refractivity contribution >= 4 is 27.9 Å². The van der Waals surface area contributed by atoms with Crippen LogP contribution in [0.25, 0.3) is 0 Å². The average Bonchev–Trinajstić information content (AvgIpc) is 2.42. The first-order valence-corrected chi connectivity index (χ1v) is 10.5. The van der Waals surface area contributed by atoms with Gasteiger partial charge in [0.1, 0.15) is 0 Å². The van der Waals surface area contributed by atoms with Crippen molar-refractivity contribution in [1.82, 2.24) is 0 Å². The summed E-state index contributed by atoms with van der Waals surface area (Å²) < 4.78 is 0. The molecule has 0 saturated heterocycles. The first kappa shape index (κ1) is 12.6. The van der Waals surface area contributed by atoms with Crippen LogP contribution in [0.5, 0.6) is 0 Å². The molecule has 0 aromatic carbocycles. The minimum atomic E-state index is -1.92. The Kier molecular flexibility index (Phi) is 5.58. The second kappa shape index (κ2) is 6.20. The molecule has 2 rings (SSSR count). The van der Waals surface area contributed by atoms with Gasteiger partial charge in [-0.15, -0.1) is 0 Å². The standard InChI is InChI=1S/C10H9.3ClH.Ti/c1-8-6-9-4-2-3-5-10(9)7-8;;;;/h2-7H,1H3;3*1H;/q;;;;+3/p-3. The van der Waals surface area contributed by atoms with Gasteiger partial charge in [-0.05, 0) is 12.5 Å². The molecule has 4 heteroatoms. The molecule has 0 heterocycles. The van der Waals surface area contributed by atoms with Gasteiger partial charge in [0, 0.05) is 5.92 Å². The number of rotatable bonds is 0. The van der Waals surface area contributed by atoms with Gasteiger partial charge < -0.3 is 0 Å². The predicted octanol–water partition coefficient (Wildman–Crippen LogP) is 4.64. The molecule has 0 spiro atoms. The second-order valence-corrected chi connectivity index (χ2v) is 10.6. The summed E-state index contributed by atoms with van der Waals surface area (Å²) in [7, 11) is 14.9. The van der Waals surface area contributed by atoms with E-state index in [4.69, 9.17) is 27.9 Å². The Hall–Kier alpha value is 0.544. The van der Waals surface area contributed by atoms with E-state index in [-0.39, 0.29) is 0 Å². The molecule has 0 aliphatic heterocycles. The van der Waals surface area contributed by atoms with E-state index in [0.29, 0.717) is 0 Å². The Morgan fingerprint density at radius 1 is 1.00 bits per heavy atom. The number of halogens is 3. The van der Waals surface area contributed by atoms with Crippen LogP contribution in [0.15, 0.2) is 47.6 Å². The fourth-order valence-electron chi connectivity index (χ4n) is 1.31. The van der Waals surface area contributed by atoms with E-state index in [1.807, 2.05) is 0 Å². The molecule has 0 atom stereocenters. The van der Waals surface area contributed by atoms with Gasteiger partial charge in [0.2, 0.25) is 0 Å². The van der Waals surface area contributed by atoms with Gasteiger partial charge in [-0.3, -0.25) is 0 Å². The molecule has 0 bridgehead atoms.